The van der Waals surface area contributed by atoms with Crippen molar-refractivity contribution in [2.75, 3.05) is 0 Å². The molecule has 3 rings (SSSR count). The Balaban J connectivity index is 1.61. The van der Waals surface area contributed by atoms with E-state index in [0.717, 1.165) is 16.7 Å². The maximum Gasteiger partial charge on any atom is 0.412 e. The van der Waals surface area contributed by atoms with Crippen LogP contribution in [-0.2, 0) is 13.6 Å². The zero-order valence-corrected chi connectivity index (χ0v) is 12.6. The molecule has 0 bridgehead atoms. The Morgan fingerprint density at radius 1 is 1.17 bits per heavy atom. The summed E-state index contributed by atoms with van der Waals surface area (Å²) in [5, 5.41) is 6.85. The van der Waals surface area contributed by atoms with Crippen molar-refractivity contribution in [2.24, 2.45) is 7.05 Å². The van der Waals surface area contributed by atoms with Crippen LogP contribution in [0.5, 0.6) is 5.75 Å². The van der Waals surface area contributed by atoms with Gasteiger partial charge in [-0.05, 0) is 23.8 Å². The highest BCUT2D eigenvalue weighted by atomic mass is 16.5. The molecule has 6 nitrogen and oxygen atoms in total. The highest BCUT2D eigenvalue weighted by molar-refractivity contribution is 5.70. The number of aromatic nitrogens is 3. The first-order chi connectivity index (χ1) is 11.2. The van der Waals surface area contributed by atoms with Gasteiger partial charge in [-0.3, -0.25) is 9.67 Å². The van der Waals surface area contributed by atoms with E-state index in [9.17, 15) is 4.79 Å². The minimum Gasteiger partial charge on any atom is -0.410 e. The molecule has 3 aromatic rings. The Bertz CT molecular complexity index is 799. The van der Waals surface area contributed by atoms with E-state index < -0.39 is 6.09 Å². The molecule has 1 aromatic carbocycles. The summed E-state index contributed by atoms with van der Waals surface area (Å²) < 4.78 is 6.90. The van der Waals surface area contributed by atoms with Gasteiger partial charge >= 0.3 is 6.09 Å². The summed E-state index contributed by atoms with van der Waals surface area (Å²) in [6, 6.07) is 10.9. The molecule has 0 fully saturated rings. The second-order valence-electron chi connectivity index (χ2n) is 5.04. The molecule has 0 saturated carbocycles. The number of carbonyl (C=O) groups is 1. The molecule has 6 heteroatoms. The van der Waals surface area contributed by atoms with E-state index in [4.69, 9.17) is 4.74 Å². The smallest absolute Gasteiger partial charge is 0.410 e. The lowest BCUT2D eigenvalue weighted by atomic mass is 10.1. The number of hydrogen-bond acceptors (Lipinski definition) is 4. The van der Waals surface area contributed by atoms with Crippen LogP contribution in [0.3, 0.4) is 0 Å². The molecule has 0 aliphatic carbocycles. The molecule has 23 heavy (non-hydrogen) atoms. The monoisotopic (exact) mass is 308 g/mol. The molecule has 0 aliphatic rings. The van der Waals surface area contributed by atoms with Crippen molar-refractivity contribution in [1.82, 2.24) is 20.1 Å². The topological polar surface area (TPSA) is 69.0 Å². The van der Waals surface area contributed by atoms with Crippen LogP contribution in [0.2, 0.25) is 0 Å². The van der Waals surface area contributed by atoms with E-state index in [2.05, 4.69) is 15.4 Å². The number of amides is 1. The predicted molar refractivity (Wildman–Crippen MR) is 85.7 cm³/mol. The number of para-hydroxylation sites is 1. The van der Waals surface area contributed by atoms with Gasteiger partial charge in [0.15, 0.2) is 0 Å². The molecule has 116 valence electrons. The summed E-state index contributed by atoms with van der Waals surface area (Å²) in [4.78, 5) is 16.0. The zero-order chi connectivity index (χ0) is 16.1. The van der Waals surface area contributed by atoms with Crippen LogP contribution in [0.1, 0.15) is 5.56 Å². The van der Waals surface area contributed by atoms with Crippen molar-refractivity contribution < 1.29 is 9.53 Å². The molecule has 1 amide bonds. The number of hydrogen-bond donors (Lipinski definition) is 1. The van der Waals surface area contributed by atoms with E-state index in [1.807, 2.05) is 37.5 Å². The molecule has 0 unspecified atom stereocenters. The highest BCUT2D eigenvalue weighted by Gasteiger charge is 2.06. The van der Waals surface area contributed by atoms with E-state index >= 15 is 0 Å². The van der Waals surface area contributed by atoms with E-state index in [1.54, 1.807) is 35.4 Å². The van der Waals surface area contributed by atoms with Gasteiger partial charge in [0, 0.05) is 43.3 Å². The quantitative estimate of drug-likeness (QED) is 0.804. The Hall–Kier alpha value is -3.15. The van der Waals surface area contributed by atoms with Crippen LogP contribution in [0, 0.1) is 0 Å². The normalized spacial score (nSPS) is 10.3. The standard InChI is InChI=1S/C17H16N4O2/c1-21-12-15(11-20-21)14-7-13(8-18-10-14)9-19-17(22)23-16-5-3-2-4-6-16/h2-8,10-12H,9H2,1H3,(H,19,22). The Morgan fingerprint density at radius 2 is 2.00 bits per heavy atom. The largest absolute Gasteiger partial charge is 0.412 e. The Kier molecular flexibility index (Phi) is 4.33. The zero-order valence-electron chi connectivity index (χ0n) is 12.6. The van der Waals surface area contributed by atoms with Gasteiger partial charge in [0.1, 0.15) is 5.75 Å². The number of carbonyl (C=O) groups excluding carboxylic acids is 1. The van der Waals surface area contributed by atoms with Crippen LogP contribution in [0.15, 0.2) is 61.2 Å². The summed E-state index contributed by atoms with van der Waals surface area (Å²) in [7, 11) is 1.86. The highest BCUT2D eigenvalue weighted by Crippen LogP contribution is 2.18. The third-order valence-electron chi connectivity index (χ3n) is 3.22. The van der Waals surface area contributed by atoms with E-state index in [-0.39, 0.29) is 0 Å². The van der Waals surface area contributed by atoms with Gasteiger partial charge < -0.3 is 10.1 Å². The number of rotatable bonds is 4. The average Bonchev–Trinajstić information content (AvgIpc) is 3.01. The Labute approximate surface area is 133 Å². The van der Waals surface area contributed by atoms with E-state index in [0.29, 0.717) is 12.3 Å². The number of nitrogens with one attached hydrogen (secondary N) is 1. The summed E-state index contributed by atoms with van der Waals surface area (Å²) in [5.74, 6) is 0.507. The number of ether oxygens (including phenoxy) is 1. The molecule has 2 aromatic heterocycles. The van der Waals surface area contributed by atoms with Crippen molar-refractivity contribution >= 4 is 6.09 Å². The summed E-state index contributed by atoms with van der Waals surface area (Å²) in [6.07, 6.45) is 6.67. The fourth-order valence-electron chi connectivity index (χ4n) is 2.12. The van der Waals surface area contributed by atoms with Gasteiger partial charge in [0.2, 0.25) is 0 Å². The van der Waals surface area contributed by atoms with Crippen molar-refractivity contribution in [3.63, 3.8) is 0 Å². The lowest BCUT2D eigenvalue weighted by Gasteiger charge is -2.07. The van der Waals surface area contributed by atoms with Crippen LogP contribution < -0.4 is 10.1 Å². The number of benzene rings is 1. The average molecular weight is 308 g/mol. The molecular weight excluding hydrogens is 292 g/mol. The van der Waals surface area contributed by atoms with Crippen molar-refractivity contribution in [2.45, 2.75) is 6.54 Å². The van der Waals surface area contributed by atoms with Gasteiger partial charge in [0.25, 0.3) is 0 Å². The van der Waals surface area contributed by atoms with Gasteiger partial charge in [-0.1, -0.05) is 18.2 Å². The summed E-state index contributed by atoms with van der Waals surface area (Å²) >= 11 is 0. The molecule has 0 atom stereocenters. The first-order valence-corrected chi connectivity index (χ1v) is 7.14. The molecule has 0 aliphatic heterocycles. The minimum absolute atomic E-state index is 0.340. The maximum atomic E-state index is 11.8. The second-order valence-corrected chi connectivity index (χ2v) is 5.04. The van der Waals surface area contributed by atoms with Crippen molar-refractivity contribution in [3.05, 3.63) is 66.7 Å². The van der Waals surface area contributed by atoms with Crippen LogP contribution >= 0.6 is 0 Å². The molecule has 0 saturated heterocycles. The third-order valence-corrected chi connectivity index (χ3v) is 3.22. The molecule has 1 N–H and O–H groups in total. The second kappa shape index (κ2) is 6.74. The molecule has 0 radical (unpaired) electrons. The fraction of sp³-hybridized carbons (Fsp3) is 0.118. The summed E-state index contributed by atoms with van der Waals surface area (Å²) in [5.41, 5.74) is 2.82. The molecule has 2 heterocycles. The number of pyridine rings is 1. The van der Waals surface area contributed by atoms with Crippen LogP contribution in [-0.4, -0.2) is 20.9 Å². The van der Waals surface area contributed by atoms with Gasteiger partial charge in [-0.2, -0.15) is 5.10 Å². The fourth-order valence-corrected chi connectivity index (χ4v) is 2.12. The number of nitrogens with zero attached hydrogens (tertiary/aromatic N) is 3. The predicted octanol–water partition coefficient (Wildman–Crippen LogP) is 2.77. The first kappa shape index (κ1) is 14.8. The lowest BCUT2D eigenvalue weighted by Crippen LogP contribution is -2.26. The first-order valence-electron chi connectivity index (χ1n) is 7.14. The van der Waals surface area contributed by atoms with Crippen LogP contribution in [0.4, 0.5) is 4.79 Å². The molecular formula is C17H16N4O2. The Morgan fingerprint density at radius 3 is 2.74 bits per heavy atom. The van der Waals surface area contributed by atoms with Crippen LogP contribution in [0.25, 0.3) is 11.1 Å². The van der Waals surface area contributed by atoms with E-state index in [1.165, 1.54) is 0 Å². The SMILES string of the molecule is Cn1cc(-c2cncc(CNC(=O)Oc3ccccc3)c2)cn1. The van der Waals surface area contributed by atoms with Gasteiger partial charge in [-0.15, -0.1) is 0 Å². The number of aryl methyl sites for hydroxylation is 1. The van der Waals surface area contributed by atoms with Crippen molar-refractivity contribution in [3.8, 4) is 16.9 Å². The minimum atomic E-state index is -0.497. The maximum absolute atomic E-state index is 11.8. The van der Waals surface area contributed by atoms with Crippen molar-refractivity contribution in [1.29, 1.82) is 0 Å². The molecule has 0 spiro atoms. The lowest BCUT2D eigenvalue weighted by molar-refractivity contribution is 0.200. The van der Waals surface area contributed by atoms with Gasteiger partial charge in [-0.25, -0.2) is 4.79 Å². The summed E-state index contributed by atoms with van der Waals surface area (Å²) in [6.45, 7) is 0.340. The third kappa shape index (κ3) is 3.94. The van der Waals surface area contributed by atoms with Gasteiger partial charge in [0.05, 0.1) is 6.20 Å².